The number of hydrogen-bond donors (Lipinski definition) is 1. The summed E-state index contributed by atoms with van der Waals surface area (Å²) in [6.45, 7) is 10.8. The second-order valence-corrected chi connectivity index (χ2v) is 10.7. The molecular formula is C29H29BrN4S. The van der Waals surface area contributed by atoms with Crippen LogP contribution in [0.5, 0.6) is 0 Å². The molecule has 0 bridgehead atoms. The van der Waals surface area contributed by atoms with Crippen LogP contribution in [0.4, 0.5) is 5.69 Å². The predicted molar refractivity (Wildman–Crippen MR) is 152 cm³/mol. The van der Waals surface area contributed by atoms with E-state index >= 15 is 0 Å². The van der Waals surface area contributed by atoms with Crippen LogP contribution in [0.3, 0.4) is 0 Å². The predicted octanol–water partition coefficient (Wildman–Crippen LogP) is 7.35. The van der Waals surface area contributed by atoms with Gasteiger partial charge in [0.05, 0.1) is 17.8 Å². The largest absolute Gasteiger partial charge is 0.351 e. The van der Waals surface area contributed by atoms with Gasteiger partial charge in [-0.1, -0.05) is 28.1 Å². The molecule has 1 N–H and O–H groups in total. The zero-order valence-electron chi connectivity index (χ0n) is 20.6. The molecule has 1 saturated heterocycles. The molecule has 178 valence electrons. The van der Waals surface area contributed by atoms with E-state index in [0.29, 0.717) is 5.11 Å². The van der Waals surface area contributed by atoms with Gasteiger partial charge in [-0.05, 0) is 118 Å². The Kier molecular flexibility index (Phi) is 6.28. The van der Waals surface area contributed by atoms with Crippen LogP contribution < -0.4 is 10.2 Å². The van der Waals surface area contributed by atoms with Crippen molar-refractivity contribution in [2.24, 2.45) is 0 Å². The molecule has 0 aliphatic carbocycles. The van der Waals surface area contributed by atoms with Crippen molar-refractivity contribution in [3.8, 4) is 5.69 Å². The van der Waals surface area contributed by atoms with E-state index < -0.39 is 0 Å². The van der Waals surface area contributed by atoms with Crippen molar-refractivity contribution in [3.63, 3.8) is 0 Å². The second kappa shape index (κ2) is 9.25. The number of hydrogen-bond acceptors (Lipinski definition) is 2. The number of benzene rings is 2. The van der Waals surface area contributed by atoms with Crippen LogP contribution >= 0.6 is 28.1 Å². The van der Waals surface area contributed by atoms with Gasteiger partial charge >= 0.3 is 0 Å². The molecule has 0 radical (unpaired) electrons. The standard InChI is InChI=1S/C29H29BrN4S/c1-17-12-18(2)14-23(13-17)33-20(4)16-24(21(33)5)28-27(26-8-6-7-11-31-26)32-29(35)34(28)22-9-10-25(30)19(3)15-22/h6-16,27-28H,1-5H3,(H,32,35). The fraction of sp³-hybridized carbons (Fsp3) is 0.241. The van der Waals surface area contributed by atoms with Gasteiger partial charge in [0.25, 0.3) is 0 Å². The molecule has 5 rings (SSSR count). The Morgan fingerprint density at radius 2 is 1.63 bits per heavy atom. The molecule has 4 aromatic rings. The maximum Gasteiger partial charge on any atom is 0.174 e. The van der Waals surface area contributed by atoms with Crippen LogP contribution in [0, 0.1) is 34.6 Å². The van der Waals surface area contributed by atoms with E-state index in [1.54, 1.807) is 0 Å². The van der Waals surface area contributed by atoms with E-state index in [1.807, 2.05) is 18.3 Å². The highest BCUT2D eigenvalue weighted by atomic mass is 79.9. The van der Waals surface area contributed by atoms with Gasteiger partial charge < -0.3 is 14.8 Å². The number of nitrogens with one attached hydrogen (secondary N) is 1. The van der Waals surface area contributed by atoms with E-state index in [9.17, 15) is 0 Å². The summed E-state index contributed by atoms with van der Waals surface area (Å²) in [6, 6.07) is 21.4. The lowest BCUT2D eigenvalue weighted by molar-refractivity contribution is 0.565. The molecule has 1 aliphatic heterocycles. The minimum atomic E-state index is -0.0687. The first-order chi connectivity index (χ1) is 16.7. The molecule has 0 spiro atoms. The first-order valence-electron chi connectivity index (χ1n) is 11.8. The van der Waals surface area contributed by atoms with Gasteiger partial charge in [0, 0.05) is 33.4 Å². The van der Waals surface area contributed by atoms with E-state index in [2.05, 4.69) is 114 Å². The van der Waals surface area contributed by atoms with E-state index in [0.717, 1.165) is 15.9 Å². The minimum absolute atomic E-state index is 0.0381. The van der Waals surface area contributed by atoms with E-state index in [-0.39, 0.29) is 12.1 Å². The van der Waals surface area contributed by atoms with Gasteiger partial charge in [-0.25, -0.2) is 0 Å². The lowest BCUT2D eigenvalue weighted by Gasteiger charge is -2.28. The van der Waals surface area contributed by atoms with Gasteiger partial charge in [0.2, 0.25) is 0 Å². The average Bonchev–Trinajstić information content (AvgIpc) is 3.31. The molecule has 4 nitrogen and oxygen atoms in total. The maximum absolute atomic E-state index is 5.93. The summed E-state index contributed by atoms with van der Waals surface area (Å²) in [5.41, 5.74) is 10.6. The number of aryl methyl sites for hydroxylation is 4. The number of aromatic nitrogens is 2. The van der Waals surface area contributed by atoms with Gasteiger partial charge in [-0.3, -0.25) is 4.98 Å². The number of nitrogens with zero attached hydrogens (tertiary/aromatic N) is 3. The van der Waals surface area contributed by atoms with Crippen LogP contribution in [-0.2, 0) is 0 Å². The highest BCUT2D eigenvalue weighted by molar-refractivity contribution is 9.10. The van der Waals surface area contributed by atoms with Crippen molar-refractivity contribution in [1.29, 1.82) is 0 Å². The Morgan fingerprint density at radius 3 is 2.29 bits per heavy atom. The summed E-state index contributed by atoms with van der Waals surface area (Å²) in [6.07, 6.45) is 1.85. The number of rotatable bonds is 4. The Hall–Kier alpha value is -2.96. The molecule has 2 aromatic carbocycles. The maximum atomic E-state index is 5.93. The third kappa shape index (κ3) is 4.30. The highest BCUT2D eigenvalue weighted by Crippen LogP contribution is 2.44. The molecule has 3 heterocycles. The smallest absolute Gasteiger partial charge is 0.174 e. The zero-order chi connectivity index (χ0) is 24.9. The van der Waals surface area contributed by atoms with Crippen molar-refractivity contribution in [2.45, 2.75) is 46.7 Å². The van der Waals surface area contributed by atoms with Crippen LogP contribution in [0.25, 0.3) is 5.69 Å². The van der Waals surface area contributed by atoms with Gasteiger partial charge in [0.1, 0.15) is 0 Å². The van der Waals surface area contributed by atoms with Crippen molar-refractivity contribution in [1.82, 2.24) is 14.9 Å². The Labute approximate surface area is 221 Å². The first-order valence-corrected chi connectivity index (χ1v) is 13.0. The topological polar surface area (TPSA) is 33.1 Å². The third-order valence-corrected chi connectivity index (χ3v) is 7.98. The van der Waals surface area contributed by atoms with Crippen LogP contribution in [0.2, 0.25) is 0 Å². The molecule has 1 fully saturated rings. The molecule has 35 heavy (non-hydrogen) atoms. The van der Waals surface area contributed by atoms with Crippen molar-refractivity contribution in [2.75, 3.05) is 4.90 Å². The molecule has 6 heteroatoms. The monoisotopic (exact) mass is 544 g/mol. The van der Waals surface area contributed by atoms with E-state index in [4.69, 9.17) is 17.2 Å². The first kappa shape index (κ1) is 23.8. The molecule has 0 saturated carbocycles. The normalized spacial score (nSPS) is 17.7. The summed E-state index contributed by atoms with van der Waals surface area (Å²) in [5.74, 6) is 0. The third-order valence-electron chi connectivity index (χ3n) is 6.77. The summed E-state index contributed by atoms with van der Waals surface area (Å²) in [5, 5.41) is 4.30. The number of anilines is 1. The van der Waals surface area contributed by atoms with Crippen LogP contribution in [0.15, 0.2) is 71.3 Å². The Balaban J connectivity index is 1.70. The highest BCUT2D eigenvalue weighted by Gasteiger charge is 2.42. The lowest BCUT2D eigenvalue weighted by atomic mass is 9.96. The SMILES string of the molecule is Cc1cc(C)cc(-n2c(C)cc(C3C(c4ccccn4)NC(=S)N3c3ccc(Br)c(C)c3)c2C)c1. The lowest BCUT2D eigenvalue weighted by Crippen LogP contribution is -2.29. The fourth-order valence-corrected chi connectivity index (χ4v) is 5.88. The molecular weight excluding hydrogens is 516 g/mol. The van der Waals surface area contributed by atoms with Crippen molar-refractivity contribution >= 4 is 38.9 Å². The fourth-order valence-electron chi connectivity index (χ4n) is 5.29. The molecule has 1 aliphatic rings. The summed E-state index contributed by atoms with van der Waals surface area (Å²) >= 11 is 9.58. The van der Waals surface area contributed by atoms with Crippen LogP contribution in [0.1, 0.15) is 51.4 Å². The van der Waals surface area contributed by atoms with Crippen LogP contribution in [-0.4, -0.2) is 14.7 Å². The van der Waals surface area contributed by atoms with Gasteiger partial charge in [-0.15, -0.1) is 0 Å². The average molecular weight is 546 g/mol. The number of pyridine rings is 1. The van der Waals surface area contributed by atoms with E-state index in [1.165, 1.54) is 39.3 Å². The summed E-state index contributed by atoms with van der Waals surface area (Å²) < 4.78 is 3.45. The molecule has 0 amide bonds. The Bertz CT molecular complexity index is 1410. The molecule has 2 atom stereocenters. The van der Waals surface area contributed by atoms with Crippen molar-refractivity contribution in [3.05, 3.63) is 111 Å². The summed E-state index contributed by atoms with van der Waals surface area (Å²) in [4.78, 5) is 6.96. The Morgan fingerprint density at radius 1 is 0.886 bits per heavy atom. The summed E-state index contributed by atoms with van der Waals surface area (Å²) in [7, 11) is 0. The molecule has 2 unspecified atom stereocenters. The zero-order valence-corrected chi connectivity index (χ0v) is 23.0. The van der Waals surface area contributed by atoms with Gasteiger partial charge in [0.15, 0.2) is 5.11 Å². The number of halogens is 1. The van der Waals surface area contributed by atoms with Gasteiger partial charge in [-0.2, -0.15) is 0 Å². The minimum Gasteiger partial charge on any atom is -0.351 e. The quantitative estimate of drug-likeness (QED) is 0.272. The number of thiocarbonyl (C=S) groups is 1. The second-order valence-electron chi connectivity index (χ2n) is 9.44. The molecule has 2 aromatic heterocycles. The van der Waals surface area contributed by atoms with Crippen molar-refractivity contribution < 1.29 is 0 Å².